The smallest absolute Gasteiger partial charge is 0.249 e. The van der Waals surface area contributed by atoms with E-state index >= 15 is 0 Å². The fourth-order valence-corrected chi connectivity index (χ4v) is 5.93. The molecule has 6 unspecified atom stereocenters. The summed E-state index contributed by atoms with van der Waals surface area (Å²) in [5.41, 5.74) is 35.7. The van der Waals surface area contributed by atoms with Crippen molar-refractivity contribution in [2.24, 2.45) is 34.4 Å². The normalized spacial score (nSPS) is 40.6. The van der Waals surface area contributed by atoms with E-state index in [4.69, 9.17) is 53.3 Å². The number of carbonyl (C=O) groups excluding carboxylic acids is 1. The van der Waals surface area contributed by atoms with Crippen molar-refractivity contribution in [3.8, 4) is 0 Å². The number of rotatable bonds is 15. The van der Waals surface area contributed by atoms with Crippen LogP contribution in [0.3, 0.4) is 0 Å². The van der Waals surface area contributed by atoms with E-state index in [0.717, 1.165) is 0 Å². The number of hydrogen-bond donors (Lipinski definition) is 12. The van der Waals surface area contributed by atoms with Crippen LogP contribution in [0.5, 0.6) is 0 Å². The second kappa shape index (κ2) is 17.7. The largest absolute Gasteiger partial charge is 0.394 e. The molecule has 0 aromatic rings. The van der Waals surface area contributed by atoms with Gasteiger partial charge in [0.1, 0.15) is 42.7 Å². The van der Waals surface area contributed by atoms with Gasteiger partial charge in [0, 0.05) is 38.8 Å². The zero-order valence-electron chi connectivity index (χ0n) is 25.0. The molecular formula is C26H54N8O10. The molecule has 0 bridgehead atoms. The van der Waals surface area contributed by atoms with Crippen molar-refractivity contribution in [3.05, 3.63) is 0 Å². The molecule has 0 spiro atoms. The fourth-order valence-electron chi connectivity index (χ4n) is 5.93. The monoisotopic (exact) mass is 638 g/mol. The number of nitrogens with two attached hydrogens (primary N) is 6. The SMILES string of the molecule is NCC[C@H](O)C(=O)N[C@@H]1C[C@H](N)C(O[C@H]2OC(CN(CCN)CCN)CCC2N)C(O)[C@H]1O[C@H]1OC(CO)[C@@H](O)[C@H](N)C1O. The molecule has 0 radical (unpaired) electrons. The zero-order valence-corrected chi connectivity index (χ0v) is 25.0. The number of amides is 1. The van der Waals surface area contributed by atoms with Crippen molar-refractivity contribution in [3.63, 3.8) is 0 Å². The Balaban J connectivity index is 1.79. The van der Waals surface area contributed by atoms with E-state index in [-0.39, 0.29) is 25.5 Å². The first-order chi connectivity index (χ1) is 20.9. The summed E-state index contributed by atoms with van der Waals surface area (Å²) in [7, 11) is 0. The van der Waals surface area contributed by atoms with Gasteiger partial charge in [0.15, 0.2) is 12.6 Å². The molecule has 1 aliphatic carbocycles. The van der Waals surface area contributed by atoms with Gasteiger partial charge in [0.2, 0.25) is 5.91 Å². The third-order valence-electron chi connectivity index (χ3n) is 8.46. The van der Waals surface area contributed by atoms with Crippen LogP contribution in [0.1, 0.15) is 25.7 Å². The Morgan fingerprint density at radius 1 is 0.886 bits per heavy atom. The summed E-state index contributed by atoms with van der Waals surface area (Å²) in [6.45, 7) is 2.18. The maximum Gasteiger partial charge on any atom is 0.249 e. The van der Waals surface area contributed by atoms with Gasteiger partial charge < -0.3 is 84.2 Å². The molecule has 44 heavy (non-hydrogen) atoms. The molecule has 2 heterocycles. The van der Waals surface area contributed by atoms with Gasteiger partial charge in [-0.2, -0.15) is 0 Å². The van der Waals surface area contributed by atoms with Crippen LogP contribution in [0.4, 0.5) is 0 Å². The lowest BCUT2D eigenvalue weighted by Gasteiger charge is -2.48. The lowest BCUT2D eigenvalue weighted by Crippen LogP contribution is -2.69. The molecule has 0 aromatic carbocycles. The van der Waals surface area contributed by atoms with Crippen LogP contribution in [0.25, 0.3) is 0 Å². The predicted octanol–water partition coefficient (Wildman–Crippen LogP) is -7.14. The molecule has 3 aliphatic rings. The van der Waals surface area contributed by atoms with Gasteiger partial charge in [-0.1, -0.05) is 0 Å². The highest BCUT2D eigenvalue weighted by molar-refractivity contribution is 5.80. The molecule has 0 aromatic heterocycles. The Bertz CT molecular complexity index is 862. The number of nitrogens with one attached hydrogen (secondary N) is 1. The third kappa shape index (κ3) is 9.44. The van der Waals surface area contributed by atoms with Gasteiger partial charge in [-0.15, -0.1) is 0 Å². The van der Waals surface area contributed by atoms with Crippen molar-refractivity contribution in [2.45, 2.75) is 111 Å². The summed E-state index contributed by atoms with van der Waals surface area (Å²) in [6.07, 6.45) is -10.9. The van der Waals surface area contributed by atoms with Crippen LogP contribution in [0, 0.1) is 0 Å². The number of aliphatic hydroxyl groups is 5. The Hall–Kier alpha value is -1.17. The summed E-state index contributed by atoms with van der Waals surface area (Å²) < 4.78 is 24.0. The van der Waals surface area contributed by atoms with Gasteiger partial charge >= 0.3 is 0 Å². The lowest BCUT2D eigenvalue weighted by molar-refractivity contribution is -0.314. The van der Waals surface area contributed by atoms with E-state index in [2.05, 4.69) is 10.2 Å². The number of ether oxygens (including phenoxy) is 4. The van der Waals surface area contributed by atoms with E-state index in [1.165, 1.54) is 0 Å². The molecule has 2 saturated heterocycles. The second-order valence-electron chi connectivity index (χ2n) is 11.8. The summed E-state index contributed by atoms with van der Waals surface area (Å²) in [6, 6.07) is -3.61. The van der Waals surface area contributed by atoms with Crippen LogP contribution >= 0.6 is 0 Å². The minimum absolute atomic E-state index is 0.00808. The average Bonchev–Trinajstić information content (AvgIpc) is 2.98. The molecule has 258 valence electrons. The van der Waals surface area contributed by atoms with Crippen LogP contribution in [-0.4, -0.2) is 168 Å². The molecule has 14 atom stereocenters. The van der Waals surface area contributed by atoms with E-state index < -0.39 is 92.0 Å². The maximum atomic E-state index is 12.7. The molecule has 3 rings (SSSR count). The average molecular weight is 639 g/mol. The topological polar surface area (TPSA) is 327 Å². The molecule has 1 amide bonds. The number of carbonyl (C=O) groups is 1. The quantitative estimate of drug-likeness (QED) is 0.0792. The summed E-state index contributed by atoms with van der Waals surface area (Å²) in [5.74, 6) is -0.765. The zero-order chi connectivity index (χ0) is 32.6. The molecule has 18 heteroatoms. The summed E-state index contributed by atoms with van der Waals surface area (Å²) >= 11 is 0. The van der Waals surface area contributed by atoms with Gasteiger partial charge in [-0.25, -0.2) is 0 Å². The summed E-state index contributed by atoms with van der Waals surface area (Å²) in [5, 5.41) is 55.0. The molecule has 3 fully saturated rings. The fraction of sp³-hybridized carbons (Fsp3) is 0.962. The molecular weight excluding hydrogens is 584 g/mol. The molecule has 2 aliphatic heterocycles. The van der Waals surface area contributed by atoms with Gasteiger partial charge in [-0.3, -0.25) is 9.69 Å². The Labute approximate surface area is 257 Å². The van der Waals surface area contributed by atoms with Crippen LogP contribution in [0.2, 0.25) is 0 Å². The van der Waals surface area contributed by atoms with Gasteiger partial charge in [0.25, 0.3) is 0 Å². The van der Waals surface area contributed by atoms with E-state index in [9.17, 15) is 30.3 Å². The highest BCUT2D eigenvalue weighted by Gasteiger charge is 2.51. The number of aliphatic hydroxyl groups excluding tert-OH is 5. The van der Waals surface area contributed by atoms with Gasteiger partial charge in [-0.05, 0) is 32.2 Å². The Morgan fingerprint density at radius 3 is 2.16 bits per heavy atom. The molecule has 18 N–H and O–H groups in total. The number of nitrogens with zero attached hydrogens (tertiary/aromatic N) is 1. The summed E-state index contributed by atoms with van der Waals surface area (Å²) in [4.78, 5) is 14.8. The maximum absolute atomic E-state index is 12.7. The van der Waals surface area contributed by atoms with E-state index in [1.807, 2.05) is 0 Å². The standard InChI is InChI=1S/C26H54N8O10/c27-4-3-16(36)24(40)33-15-9-14(31)22(21(39)23(15)44-26-20(38)18(32)19(37)17(11-35)42-26)43-25-13(30)2-1-12(41-25)10-34(7-5-28)8-6-29/h12-23,25-26,35-39H,1-11,27-32H2,(H,33,40)/t12?,13?,14-,15+,16-,17?,18-,19+,20?,21?,22?,23-,25+,26+/m0/s1. The van der Waals surface area contributed by atoms with Crippen molar-refractivity contribution in [1.82, 2.24) is 10.2 Å². The highest BCUT2D eigenvalue weighted by atomic mass is 16.7. The highest BCUT2D eigenvalue weighted by Crippen LogP contribution is 2.31. The van der Waals surface area contributed by atoms with E-state index in [0.29, 0.717) is 45.6 Å². The van der Waals surface area contributed by atoms with Crippen molar-refractivity contribution >= 4 is 5.91 Å². The van der Waals surface area contributed by atoms with Gasteiger partial charge in [0.05, 0.1) is 30.8 Å². The Morgan fingerprint density at radius 2 is 1.55 bits per heavy atom. The number of hydrogen-bond acceptors (Lipinski definition) is 17. The van der Waals surface area contributed by atoms with Crippen LogP contribution < -0.4 is 39.7 Å². The van der Waals surface area contributed by atoms with Crippen LogP contribution in [-0.2, 0) is 23.7 Å². The van der Waals surface area contributed by atoms with Crippen LogP contribution in [0.15, 0.2) is 0 Å². The first kappa shape index (κ1) is 37.3. The predicted molar refractivity (Wildman–Crippen MR) is 156 cm³/mol. The van der Waals surface area contributed by atoms with Crippen molar-refractivity contribution in [2.75, 3.05) is 45.9 Å². The lowest BCUT2D eigenvalue weighted by atomic mass is 9.83. The second-order valence-corrected chi connectivity index (χ2v) is 11.8. The molecule has 18 nitrogen and oxygen atoms in total. The van der Waals surface area contributed by atoms with E-state index in [1.54, 1.807) is 0 Å². The minimum atomic E-state index is -1.56. The minimum Gasteiger partial charge on any atom is -0.394 e. The first-order valence-corrected chi connectivity index (χ1v) is 15.3. The van der Waals surface area contributed by atoms with Crippen molar-refractivity contribution in [1.29, 1.82) is 0 Å². The van der Waals surface area contributed by atoms with Crippen molar-refractivity contribution < 1.29 is 49.3 Å². The third-order valence-corrected chi connectivity index (χ3v) is 8.46. The first-order valence-electron chi connectivity index (χ1n) is 15.3. The molecule has 1 saturated carbocycles. The Kier molecular flexibility index (Phi) is 15.0.